The Hall–Kier alpha value is -3.16. The van der Waals surface area contributed by atoms with Crippen molar-refractivity contribution in [2.75, 3.05) is 24.7 Å². The second-order valence-corrected chi connectivity index (χ2v) is 7.82. The molecule has 0 aliphatic heterocycles. The predicted octanol–water partition coefficient (Wildman–Crippen LogP) is 4.38. The predicted molar refractivity (Wildman–Crippen MR) is 118 cm³/mol. The van der Waals surface area contributed by atoms with Crippen molar-refractivity contribution in [3.63, 3.8) is 0 Å². The third kappa shape index (κ3) is 6.44. The first-order valence-electron chi connectivity index (χ1n) is 9.22. The second kappa shape index (κ2) is 9.86. The third-order valence-corrected chi connectivity index (χ3v) is 4.97. The molecule has 3 rings (SSSR count). The zero-order chi connectivity index (χ0) is 20.6. The van der Waals surface area contributed by atoms with Crippen molar-refractivity contribution in [2.45, 2.75) is 13.1 Å². The lowest BCUT2D eigenvalue weighted by Crippen LogP contribution is -2.28. The van der Waals surface area contributed by atoms with E-state index in [1.54, 1.807) is 30.3 Å². The fourth-order valence-electron chi connectivity index (χ4n) is 2.76. The average molecular weight is 409 g/mol. The molecule has 3 N–H and O–H groups in total. The molecule has 0 saturated heterocycles. The van der Waals surface area contributed by atoms with Gasteiger partial charge < -0.3 is 20.9 Å². The minimum atomic E-state index is -0.302. The van der Waals surface area contributed by atoms with Gasteiger partial charge in [0.1, 0.15) is 0 Å². The molecule has 0 saturated carbocycles. The maximum Gasteiger partial charge on any atom is 0.319 e. The Morgan fingerprint density at radius 2 is 1.59 bits per heavy atom. The van der Waals surface area contributed by atoms with Crippen LogP contribution in [0, 0.1) is 0 Å². The summed E-state index contributed by atoms with van der Waals surface area (Å²) in [6.45, 7) is 1.32. The molecule has 0 unspecified atom stereocenters. The average Bonchev–Trinajstić information content (AvgIpc) is 3.22. The molecule has 0 aliphatic rings. The molecule has 150 valence electrons. The number of nitrogens with zero attached hydrogens (tertiary/aromatic N) is 1. The quantitative estimate of drug-likeness (QED) is 0.543. The van der Waals surface area contributed by atoms with E-state index in [-0.39, 0.29) is 11.9 Å². The van der Waals surface area contributed by atoms with Gasteiger partial charge in [-0.2, -0.15) is 0 Å². The van der Waals surface area contributed by atoms with E-state index in [1.165, 1.54) is 16.9 Å². The van der Waals surface area contributed by atoms with E-state index in [0.29, 0.717) is 22.8 Å². The van der Waals surface area contributed by atoms with Crippen LogP contribution in [-0.2, 0) is 13.1 Å². The van der Waals surface area contributed by atoms with Crippen LogP contribution in [0.15, 0.2) is 66.0 Å². The Bertz CT molecular complexity index is 953. The molecule has 0 bridgehead atoms. The van der Waals surface area contributed by atoms with Crippen LogP contribution in [0.25, 0.3) is 0 Å². The van der Waals surface area contributed by atoms with Crippen molar-refractivity contribution in [1.82, 2.24) is 10.2 Å². The molecule has 1 heterocycles. The smallest absolute Gasteiger partial charge is 0.319 e. The van der Waals surface area contributed by atoms with Crippen LogP contribution in [0.4, 0.5) is 16.2 Å². The Balaban J connectivity index is 1.51. The van der Waals surface area contributed by atoms with Gasteiger partial charge in [0.05, 0.1) is 4.88 Å². The molecule has 3 amide bonds. The molecule has 1 aromatic heterocycles. The van der Waals surface area contributed by atoms with Gasteiger partial charge in [0, 0.05) is 24.5 Å². The molecule has 0 radical (unpaired) electrons. The van der Waals surface area contributed by atoms with Gasteiger partial charge in [-0.15, -0.1) is 11.3 Å². The van der Waals surface area contributed by atoms with Gasteiger partial charge in [0.25, 0.3) is 5.91 Å². The summed E-state index contributed by atoms with van der Waals surface area (Å²) in [5.41, 5.74) is 3.48. The van der Waals surface area contributed by atoms with Gasteiger partial charge in [-0.05, 0) is 54.9 Å². The maximum atomic E-state index is 12.2. The molecule has 0 aliphatic carbocycles. The molecular formula is C22H24N4O2S. The molecule has 2 aromatic carbocycles. The Morgan fingerprint density at radius 3 is 2.24 bits per heavy atom. The van der Waals surface area contributed by atoms with E-state index in [9.17, 15) is 9.59 Å². The van der Waals surface area contributed by atoms with Crippen LogP contribution < -0.4 is 16.0 Å². The zero-order valence-corrected chi connectivity index (χ0v) is 17.3. The van der Waals surface area contributed by atoms with Crippen LogP contribution in [0.3, 0.4) is 0 Å². The number of hydrogen-bond donors (Lipinski definition) is 3. The van der Waals surface area contributed by atoms with Crippen molar-refractivity contribution in [3.8, 4) is 0 Å². The number of benzene rings is 2. The van der Waals surface area contributed by atoms with Gasteiger partial charge in [-0.3, -0.25) is 4.79 Å². The monoisotopic (exact) mass is 408 g/mol. The SMILES string of the molecule is CN(C)Cc1ccc(CNC(=O)Nc2cccc(NC(=O)c3cccs3)c2)cc1. The topological polar surface area (TPSA) is 73.5 Å². The lowest BCUT2D eigenvalue weighted by molar-refractivity contribution is 0.103. The fourth-order valence-corrected chi connectivity index (χ4v) is 3.38. The van der Waals surface area contributed by atoms with Crippen molar-refractivity contribution >= 4 is 34.6 Å². The normalized spacial score (nSPS) is 10.6. The van der Waals surface area contributed by atoms with Crippen LogP contribution in [0.1, 0.15) is 20.8 Å². The number of thiophene rings is 1. The Labute approximate surface area is 174 Å². The minimum absolute atomic E-state index is 0.167. The van der Waals surface area contributed by atoms with Gasteiger partial charge in [-0.25, -0.2) is 4.79 Å². The van der Waals surface area contributed by atoms with E-state index in [1.807, 2.05) is 37.7 Å². The van der Waals surface area contributed by atoms with Gasteiger partial charge in [0.15, 0.2) is 0 Å². The summed E-state index contributed by atoms with van der Waals surface area (Å²) >= 11 is 1.38. The first kappa shape index (κ1) is 20.6. The van der Waals surface area contributed by atoms with Gasteiger partial charge in [-0.1, -0.05) is 36.4 Å². The fraction of sp³-hybridized carbons (Fsp3) is 0.182. The molecule has 6 nitrogen and oxygen atoms in total. The van der Waals surface area contributed by atoms with Crippen LogP contribution in [0.5, 0.6) is 0 Å². The van der Waals surface area contributed by atoms with Gasteiger partial charge >= 0.3 is 6.03 Å². The molecule has 0 atom stereocenters. The van der Waals surface area contributed by atoms with Crippen LogP contribution >= 0.6 is 11.3 Å². The summed E-state index contributed by atoms with van der Waals surface area (Å²) in [6, 6.07) is 18.5. The van der Waals surface area contributed by atoms with Crippen molar-refractivity contribution < 1.29 is 9.59 Å². The molecule has 29 heavy (non-hydrogen) atoms. The maximum absolute atomic E-state index is 12.2. The number of nitrogens with one attached hydrogen (secondary N) is 3. The number of amides is 3. The number of hydrogen-bond acceptors (Lipinski definition) is 4. The van der Waals surface area contributed by atoms with E-state index < -0.39 is 0 Å². The summed E-state index contributed by atoms with van der Waals surface area (Å²) in [5.74, 6) is -0.167. The molecular weight excluding hydrogens is 384 g/mol. The van der Waals surface area contributed by atoms with Crippen LogP contribution in [-0.4, -0.2) is 30.9 Å². The summed E-state index contributed by atoms with van der Waals surface area (Å²) in [7, 11) is 4.06. The highest BCUT2D eigenvalue weighted by Gasteiger charge is 2.08. The highest BCUT2D eigenvalue weighted by molar-refractivity contribution is 7.12. The summed E-state index contributed by atoms with van der Waals surface area (Å²) in [4.78, 5) is 27.1. The lowest BCUT2D eigenvalue weighted by Gasteiger charge is -2.11. The summed E-state index contributed by atoms with van der Waals surface area (Å²) < 4.78 is 0. The number of anilines is 2. The Kier molecular flexibility index (Phi) is 6.99. The standard InChI is InChI=1S/C22H24N4O2S/c1-26(2)15-17-10-8-16(9-11-17)14-23-22(28)25-19-6-3-5-18(13-19)24-21(27)20-7-4-12-29-20/h3-13H,14-15H2,1-2H3,(H,24,27)(H2,23,25,28). The molecule has 0 fully saturated rings. The Morgan fingerprint density at radius 1 is 0.897 bits per heavy atom. The van der Waals surface area contributed by atoms with E-state index in [4.69, 9.17) is 0 Å². The van der Waals surface area contributed by atoms with E-state index >= 15 is 0 Å². The minimum Gasteiger partial charge on any atom is -0.334 e. The largest absolute Gasteiger partial charge is 0.334 e. The van der Waals surface area contributed by atoms with Crippen molar-refractivity contribution in [1.29, 1.82) is 0 Å². The second-order valence-electron chi connectivity index (χ2n) is 6.87. The molecule has 3 aromatic rings. The highest BCUT2D eigenvalue weighted by Crippen LogP contribution is 2.17. The number of carbonyl (C=O) groups is 2. The van der Waals surface area contributed by atoms with Crippen LogP contribution in [0.2, 0.25) is 0 Å². The lowest BCUT2D eigenvalue weighted by atomic mass is 10.1. The number of carbonyl (C=O) groups excluding carboxylic acids is 2. The number of urea groups is 1. The number of rotatable bonds is 7. The molecule has 7 heteroatoms. The molecule has 0 spiro atoms. The summed E-state index contributed by atoms with van der Waals surface area (Å²) in [5, 5.41) is 10.3. The van der Waals surface area contributed by atoms with Crippen molar-refractivity contribution in [2.24, 2.45) is 0 Å². The van der Waals surface area contributed by atoms with Crippen molar-refractivity contribution in [3.05, 3.63) is 82.0 Å². The first-order chi connectivity index (χ1) is 14.0. The highest BCUT2D eigenvalue weighted by atomic mass is 32.1. The third-order valence-electron chi connectivity index (χ3n) is 4.10. The van der Waals surface area contributed by atoms with E-state index in [2.05, 4.69) is 33.0 Å². The zero-order valence-electron chi connectivity index (χ0n) is 16.4. The first-order valence-corrected chi connectivity index (χ1v) is 10.1. The van der Waals surface area contributed by atoms with Gasteiger partial charge in [0.2, 0.25) is 0 Å². The van der Waals surface area contributed by atoms with E-state index in [0.717, 1.165) is 12.1 Å². The summed E-state index contributed by atoms with van der Waals surface area (Å²) in [6.07, 6.45) is 0.